The molecule has 1 atom stereocenters. The van der Waals surface area contributed by atoms with Gasteiger partial charge in [0, 0.05) is 19.3 Å². The molecule has 88 valence electrons. The molecule has 0 aromatic carbocycles. The van der Waals surface area contributed by atoms with E-state index in [1.807, 2.05) is 4.90 Å². The smallest absolute Gasteiger partial charge is 0.148 e. The van der Waals surface area contributed by atoms with E-state index in [1.54, 1.807) is 21.0 Å². The second kappa shape index (κ2) is 5.45. The topological polar surface area (TPSA) is 73.2 Å². The number of sulfone groups is 1. The monoisotopic (exact) mass is 233 g/mol. The number of hydrogen-bond donors (Lipinski definition) is 1. The fraction of sp³-hybridized carbons (Fsp3) is 0.889. The van der Waals surface area contributed by atoms with Crippen molar-refractivity contribution in [2.75, 3.05) is 39.2 Å². The SMILES string of the molecule is CNC(C)(C#N)CN(C)CCS(C)(=O)=O. The van der Waals surface area contributed by atoms with E-state index in [9.17, 15) is 8.42 Å². The molecule has 0 saturated heterocycles. The van der Waals surface area contributed by atoms with Crippen LogP contribution in [0.3, 0.4) is 0 Å². The third-order valence-corrected chi connectivity index (χ3v) is 3.15. The van der Waals surface area contributed by atoms with Crippen LogP contribution in [0.25, 0.3) is 0 Å². The minimum atomic E-state index is -2.93. The van der Waals surface area contributed by atoms with Crippen molar-refractivity contribution >= 4 is 9.84 Å². The van der Waals surface area contributed by atoms with Gasteiger partial charge in [-0.15, -0.1) is 0 Å². The molecule has 0 amide bonds. The van der Waals surface area contributed by atoms with Crippen LogP contribution in [0.5, 0.6) is 0 Å². The van der Waals surface area contributed by atoms with Gasteiger partial charge in [0.05, 0.1) is 11.8 Å². The molecule has 1 N–H and O–H groups in total. The molecule has 0 aromatic rings. The third kappa shape index (κ3) is 6.44. The Morgan fingerprint density at radius 2 is 2.07 bits per heavy atom. The molecule has 0 radical (unpaired) electrons. The fourth-order valence-corrected chi connectivity index (χ4v) is 1.75. The minimum absolute atomic E-state index is 0.120. The predicted molar refractivity (Wildman–Crippen MR) is 60.3 cm³/mol. The molecule has 0 saturated carbocycles. The van der Waals surface area contributed by atoms with Crippen LogP contribution in [-0.4, -0.2) is 58.1 Å². The lowest BCUT2D eigenvalue weighted by atomic mass is 10.1. The summed E-state index contributed by atoms with van der Waals surface area (Å²) in [7, 11) is 0.586. The lowest BCUT2D eigenvalue weighted by Gasteiger charge is -2.27. The predicted octanol–water partition coefficient (Wildman–Crippen LogP) is -0.536. The van der Waals surface area contributed by atoms with Gasteiger partial charge >= 0.3 is 0 Å². The van der Waals surface area contributed by atoms with E-state index < -0.39 is 15.4 Å². The maximum Gasteiger partial charge on any atom is 0.148 e. The summed E-state index contributed by atoms with van der Waals surface area (Å²) in [5, 5.41) is 11.8. The van der Waals surface area contributed by atoms with Crippen molar-refractivity contribution in [2.24, 2.45) is 0 Å². The van der Waals surface area contributed by atoms with Crippen LogP contribution in [0, 0.1) is 11.3 Å². The van der Waals surface area contributed by atoms with E-state index >= 15 is 0 Å². The molecule has 15 heavy (non-hydrogen) atoms. The van der Waals surface area contributed by atoms with Gasteiger partial charge in [-0.25, -0.2) is 8.42 Å². The Kier molecular flexibility index (Phi) is 5.21. The molecular weight excluding hydrogens is 214 g/mol. The minimum Gasteiger partial charge on any atom is -0.302 e. The number of rotatable bonds is 6. The average Bonchev–Trinajstić information content (AvgIpc) is 2.13. The van der Waals surface area contributed by atoms with Gasteiger partial charge < -0.3 is 10.2 Å². The maximum atomic E-state index is 10.9. The molecule has 0 bridgehead atoms. The normalized spacial score (nSPS) is 16.0. The van der Waals surface area contributed by atoms with Crippen molar-refractivity contribution in [3.05, 3.63) is 0 Å². The second-order valence-corrected chi connectivity index (χ2v) is 6.32. The molecule has 1 unspecified atom stereocenters. The van der Waals surface area contributed by atoms with E-state index in [4.69, 9.17) is 5.26 Å². The first kappa shape index (κ1) is 14.4. The molecule has 0 spiro atoms. The molecular formula is C9H19N3O2S. The van der Waals surface area contributed by atoms with Gasteiger partial charge in [0.1, 0.15) is 15.4 Å². The zero-order valence-corrected chi connectivity index (χ0v) is 10.6. The van der Waals surface area contributed by atoms with Crippen LogP contribution in [0.1, 0.15) is 6.92 Å². The Bertz CT molecular complexity index is 334. The van der Waals surface area contributed by atoms with E-state index in [2.05, 4.69) is 11.4 Å². The van der Waals surface area contributed by atoms with Crippen LogP contribution < -0.4 is 5.32 Å². The molecule has 5 nitrogen and oxygen atoms in total. The van der Waals surface area contributed by atoms with Crippen LogP contribution in [-0.2, 0) is 9.84 Å². The van der Waals surface area contributed by atoms with E-state index in [1.165, 1.54) is 6.26 Å². The molecule has 0 aliphatic carbocycles. The highest BCUT2D eigenvalue weighted by molar-refractivity contribution is 7.90. The number of nitrogens with one attached hydrogen (secondary N) is 1. The Hall–Kier alpha value is -0.640. The summed E-state index contributed by atoms with van der Waals surface area (Å²) >= 11 is 0. The first-order valence-electron chi connectivity index (χ1n) is 4.69. The summed E-state index contributed by atoms with van der Waals surface area (Å²) < 4.78 is 21.9. The highest BCUT2D eigenvalue weighted by atomic mass is 32.2. The van der Waals surface area contributed by atoms with Gasteiger partial charge in [-0.05, 0) is 21.0 Å². The van der Waals surface area contributed by atoms with Crippen LogP contribution >= 0.6 is 0 Å². The maximum absolute atomic E-state index is 10.9. The van der Waals surface area contributed by atoms with Gasteiger partial charge in [0.25, 0.3) is 0 Å². The van der Waals surface area contributed by atoms with Crippen molar-refractivity contribution in [2.45, 2.75) is 12.5 Å². The number of likely N-dealkylation sites (N-methyl/N-ethyl adjacent to an activating group) is 2. The first-order chi connectivity index (χ1) is 6.72. The first-order valence-corrected chi connectivity index (χ1v) is 6.75. The summed E-state index contributed by atoms with van der Waals surface area (Å²) in [6.07, 6.45) is 1.21. The highest BCUT2D eigenvalue weighted by Gasteiger charge is 2.23. The Labute approximate surface area is 92.0 Å². The summed E-state index contributed by atoms with van der Waals surface area (Å²) in [5.41, 5.74) is -0.633. The lowest BCUT2D eigenvalue weighted by molar-refractivity contribution is 0.280. The van der Waals surface area contributed by atoms with Crippen LogP contribution in [0.15, 0.2) is 0 Å². The second-order valence-electron chi connectivity index (χ2n) is 4.06. The molecule has 0 heterocycles. The zero-order valence-electron chi connectivity index (χ0n) is 9.74. The van der Waals surface area contributed by atoms with Crippen LogP contribution in [0.4, 0.5) is 0 Å². The summed E-state index contributed by atoms with van der Waals surface area (Å²) in [6.45, 7) is 2.72. The number of nitriles is 1. The van der Waals surface area contributed by atoms with Gasteiger partial charge in [-0.3, -0.25) is 0 Å². The van der Waals surface area contributed by atoms with Crippen molar-refractivity contribution in [3.8, 4) is 6.07 Å². The standard InChI is InChI=1S/C9H19N3O2S/c1-9(7-10,11-2)8-12(3)5-6-15(4,13)14/h11H,5-6,8H2,1-4H3. The Morgan fingerprint density at radius 1 is 1.53 bits per heavy atom. The zero-order chi connectivity index (χ0) is 12.1. The molecule has 0 aromatic heterocycles. The quantitative estimate of drug-likeness (QED) is 0.667. The summed E-state index contributed by atoms with van der Waals surface area (Å²) in [4.78, 5) is 1.83. The molecule has 6 heteroatoms. The van der Waals surface area contributed by atoms with E-state index in [-0.39, 0.29) is 5.75 Å². The average molecular weight is 233 g/mol. The van der Waals surface area contributed by atoms with E-state index in [0.29, 0.717) is 13.1 Å². The van der Waals surface area contributed by atoms with Gasteiger partial charge in [-0.1, -0.05) is 0 Å². The van der Waals surface area contributed by atoms with Gasteiger partial charge in [0.15, 0.2) is 0 Å². The van der Waals surface area contributed by atoms with Crippen molar-refractivity contribution in [3.63, 3.8) is 0 Å². The molecule has 0 aliphatic rings. The van der Waals surface area contributed by atoms with E-state index in [0.717, 1.165) is 0 Å². The van der Waals surface area contributed by atoms with Gasteiger partial charge in [-0.2, -0.15) is 5.26 Å². The third-order valence-electron chi connectivity index (χ3n) is 2.23. The molecule has 0 aliphatic heterocycles. The molecule has 0 fully saturated rings. The largest absolute Gasteiger partial charge is 0.302 e. The summed E-state index contributed by atoms with van der Waals surface area (Å²) in [5.74, 6) is 0.120. The number of nitrogens with zero attached hydrogens (tertiary/aromatic N) is 2. The summed E-state index contributed by atoms with van der Waals surface area (Å²) in [6, 6.07) is 2.15. The van der Waals surface area contributed by atoms with Crippen LogP contribution in [0.2, 0.25) is 0 Å². The molecule has 0 rings (SSSR count). The number of hydrogen-bond acceptors (Lipinski definition) is 5. The fourth-order valence-electron chi connectivity index (χ4n) is 1.11. The van der Waals surface area contributed by atoms with Gasteiger partial charge in [0.2, 0.25) is 0 Å². The Balaban J connectivity index is 4.16. The Morgan fingerprint density at radius 3 is 2.40 bits per heavy atom. The highest BCUT2D eigenvalue weighted by Crippen LogP contribution is 2.03. The lowest BCUT2D eigenvalue weighted by Crippen LogP contribution is -2.48. The van der Waals surface area contributed by atoms with Crippen molar-refractivity contribution in [1.29, 1.82) is 5.26 Å². The van der Waals surface area contributed by atoms with Crippen molar-refractivity contribution in [1.82, 2.24) is 10.2 Å². The van der Waals surface area contributed by atoms with Crippen molar-refractivity contribution < 1.29 is 8.42 Å².